The van der Waals surface area contributed by atoms with Crippen molar-refractivity contribution in [3.05, 3.63) is 62.3 Å². The molecule has 0 amide bonds. The number of nitrogens with zero attached hydrogens (tertiary/aromatic N) is 3. The third kappa shape index (κ3) is 2.99. The van der Waals surface area contributed by atoms with Crippen molar-refractivity contribution in [2.24, 2.45) is 0 Å². The van der Waals surface area contributed by atoms with E-state index in [0.717, 1.165) is 30.0 Å². The van der Waals surface area contributed by atoms with Gasteiger partial charge in [0, 0.05) is 48.5 Å². The molecule has 0 aliphatic carbocycles. The van der Waals surface area contributed by atoms with E-state index in [1.807, 2.05) is 13.1 Å². The zero-order valence-corrected chi connectivity index (χ0v) is 14.5. The van der Waals surface area contributed by atoms with E-state index in [0.29, 0.717) is 34.6 Å². The number of fused-ring (bicyclic) bond motifs is 2. The molecule has 128 valence electrons. The summed E-state index contributed by atoms with van der Waals surface area (Å²) >= 11 is 6.01. The highest BCUT2D eigenvalue weighted by Crippen LogP contribution is 2.24. The van der Waals surface area contributed by atoms with Crippen molar-refractivity contribution in [3.63, 3.8) is 0 Å². The molecule has 0 bridgehead atoms. The molecule has 1 aromatic carbocycles. The highest BCUT2D eigenvalue weighted by atomic mass is 35.5. The van der Waals surface area contributed by atoms with E-state index >= 15 is 0 Å². The molecule has 0 atom stereocenters. The molecule has 2 N–H and O–H groups in total. The summed E-state index contributed by atoms with van der Waals surface area (Å²) in [6, 6.07) is 4.96. The summed E-state index contributed by atoms with van der Waals surface area (Å²) in [7, 11) is 0. The number of hydrogen-bond acceptors (Lipinski definition) is 6. The Hall–Kier alpha value is -2.44. The first-order valence-corrected chi connectivity index (χ1v) is 8.43. The Morgan fingerprint density at radius 2 is 2.24 bits per heavy atom. The zero-order valence-electron chi connectivity index (χ0n) is 13.8. The highest BCUT2D eigenvalue weighted by molar-refractivity contribution is 6.31. The first-order chi connectivity index (χ1) is 12.0. The van der Waals surface area contributed by atoms with Gasteiger partial charge >= 0.3 is 0 Å². The van der Waals surface area contributed by atoms with Gasteiger partial charge in [0.25, 0.3) is 0 Å². The molecule has 0 fully saturated rings. The normalized spacial score (nSPS) is 14.6. The maximum Gasteiger partial charge on any atom is 0.199 e. The van der Waals surface area contributed by atoms with Crippen molar-refractivity contribution in [1.29, 1.82) is 0 Å². The van der Waals surface area contributed by atoms with E-state index in [2.05, 4.69) is 14.9 Å². The monoisotopic (exact) mass is 356 g/mol. The van der Waals surface area contributed by atoms with Gasteiger partial charge in [-0.15, -0.1) is 0 Å². The van der Waals surface area contributed by atoms with E-state index in [4.69, 9.17) is 21.8 Å². The predicted octanol–water partition coefficient (Wildman–Crippen LogP) is 2.69. The van der Waals surface area contributed by atoms with E-state index in [-0.39, 0.29) is 11.3 Å². The van der Waals surface area contributed by atoms with Crippen LogP contribution in [0.15, 0.2) is 33.6 Å². The van der Waals surface area contributed by atoms with Gasteiger partial charge in [-0.05, 0) is 25.1 Å². The van der Waals surface area contributed by atoms with Crippen molar-refractivity contribution in [1.82, 2.24) is 14.9 Å². The molecule has 3 heterocycles. The van der Waals surface area contributed by atoms with Gasteiger partial charge in [-0.2, -0.15) is 0 Å². The fourth-order valence-corrected chi connectivity index (χ4v) is 3.38. The summed E-state index contributed by atoms with van der Waals surface area (Å²) in [6.07, 6.45) is 2.68. The van der Waals surface area contributed by atoms with Gasteiger partial charge in [-0.1, -0.05) is 11.6 Å². The number of aryl methyl sites for hydroxylation is 1. The molecule has 0 saturated carbocycles. The number of hydrogen-bond donors (Lipinski definition) is 1. The summed E-state index contributed by atoms with van der Waals surface area (Å²) in [5.74, 6) is 0.939. The fraction of sp³-hybridized carbons (Fsp3) is 0.278. The molecule has 1 aliphatic rings. The predicted molar refractivity (Wildman–Crippen MR) is 96.5 cm³/mol. The minimum absolute atomic E-state index is 0.132. The maximum atomic E-state index is 12.8. The summed E-state index contributed by atoms with van der Waals surface area (Å²) in [5, 5.41) is 0.947. The molecule has 0 saturated heterocycles. The van der Waals surface area contributed by atoms with Crippen LogP contribution in [0, 0.1) is 6.92 Å². The van der Waals surface area contributed by atoms with E-state index in [1.54, 1.807) is 18.2 Å². The summed E-state index contributed by atoms with van der Waals surface area (Å²) < 4.78 is 5.62. The van der Waals surface area contributed by atoms with Crippen molar-refractivity contribution in [2.45, 2.75) is 26.4 Å². The quantitative estimate of drug-likeness (QED) is 0.759. The Kier molecular flexibility index (Phi) is 3.94. The van der Waals surface area contributed by atoms with Crippen LogP contribution in [0.1, 0.15) is 22.6 Å². The van der Waals surface area contributed by atoms with Crippen LogP contribution in [0.2, 0.25) is 5.02 Å². The van der Waals surface area contributed by atoms with Crippen LogP contribution in [-0.4, -0.2) is 21.4 Å². The number of anilines is 1. The molecule has 3 aromatic rings. The van der Waals surface area contributed by atoms with Crippen LogP contribution in [-0.2, 0) is 19.5 Å². The van der Waals surface area contributed by atoms with Crippen molar-refractivity contribution < 1.29 is 4.42 Å². The molecular formula is C18H17ClN4O2. The molecule has 25 heavy (non-hydrogen) atoms. The van der Waals surface area contributed by atoms with Crippen molar-refractivity contribution in [3.8, 4) is 0 Å². The Balaban J connectivity index is 1.67. The molecule has 4 rings (SSSR count). The molecule has 7 heteroatoms. The van der Waals surface area contributed by atoms with E-state index in [1.165, 1.54) is 0 Å². The van der Waals surface area contributed by atoms with Crippen LogP contribution >= 0.6 is 11.6 Å². The van der Waals surface area contributed by atoms with Crippen LogP contribution in [0.5, 0.6) is 0 Å². The second kappa shape index (κ2) is 6.13. The van der Waals surface area contributed by atoms with Crippen molar-refractivity contribution >= 4 is 28.5 Å². The number of nitrogens with two attached hydrogens (primary N) is 1. The highest BCUT2D eigenvalue weighted by Gasteiger charge is 2.21. The summed E-state index contributed by atoms with van der Waals surface area (Å²) in [5.41, 5.74) is 8.95. The minimum Gasteiger partial charge on any atom is -0.440 e. The molecular weight excluding hydrogens is 340 g/mol. The van der Waals surface area contributed by atoms with Gasteiger partial charge in [0.05, 0.1) is 10.9 Å². The van der Waals surface area contributed by atoms with E-state index < -0.39 is 0 Å². The first kappa shape index (κ1) is 16.1. The lowest BCUT2D eigenvalue weighted by Gasteiger charge is -2.27. The molecule has 2 aromatic heterocycles. The second-order valence-electron chi connectivity index (χ2n) is 6.26. The Morgan fingerprint density at radius 3 is 3.08 bits per heavy atom. The van der Waals surface area contributed by atoms with Gasteiger partial charge < -0.3 is 10.2 Å². The number of halogens is 1. The number of benzene rings is 1. The SMILES string of the molecule is Cc1ncc2c(n1)CCN(Cc1c(N)oc3ccc(Cl)cc3c1=O)C2. The average molecular weight is 357 g/mol. The lowest BCUT2D eigenvalue weighted by molar-refractivity contribution is 0.241. The minimum atomic E-state index is -0.132. The lowest BCUT2D eigenvalue weighted by atomic mass is 10.1. The third-order valence-corrected chi connectivity index (χ3v) is 4.73. The molecule has 0 spiro atoms. The van der Waals surface area contributed by atoms with E-state index in [9.17, 15) is 4.79 Å². The van der Waals surface area contributed by atoms with Gasteiger partial charge in [-0.25, -0.2) is 9.97 Å². The summed E-state index contributed by atoms with van der Waals surface area (Å²) in [4.78, 5) is 23.7. The first-order valence-electron chi connectivity index (χ1n) is 8.06. The van der Waals surface area contributed by atoms with Gasteiger partial charge in [-0.3, -0.25) is 9.69 Å². The molecule has 0 radical (unpaired) electrons. The number of rotatable bonds is 2. The van der Waals surface area contributed by atoms with Gasteiger partial charge in [0.1, 0.15) is 11.4 Å². The molecule has 0 unspecified atom stereocenters. The smallest absolute Gasteiger partial charge is 0.199 e. The molecule has 1 aliphatic heterocycles. The number of aromatic nitrogens is 2. The Labute approximate surface area is 149 Å². The summed E-state index contributed by atoms with van der Waals surface area (Å²) in [6.45, 7) is 3.79. The fourth-order valence-electron chi connectivity index (χ4n) is 3.21. The maximum absolute atomic E-state index is 12.8. The largest absolute Gasteiger partial charge is 0.440 e. The van der Waals surface area contributed by atoms with Crippen molar-refractivity contribution in [2.75, 3.05) is 12.3 Å². The Bertz CT molecular complexity index is 1030. The second-order valence-corrected chi connectivity index (χ2v) is 6.70. The van der Waals surface area contributed by atoms with Gasteiger partial charge in [0.2, 0.25) is 0 Å². The molecule has 6 nitrogen and oxygen atoms in total. The zero-order chi connectivity index (χ0) is 17.6. The third-order valence-electron chi connectivity index (χ3n) is 4.49. The number of nitrogen functional groups attached to an aromatic ring is 1. The van der Waals surface area contributed by atoms with Gasteiger partial charge in [0.15, 0.2) is 11.3 Å². The Morgan fingerprint density at radius 1 is 1.40 bits per heavy atom. The van der Waals surface area contributed by atoms with Crippen LogP contribution in [0.25, 0.3) is 11.0 Å². The standard InChI is InChI=1S/C18H17ClN4O2/c1-10-21-7-11-8-23(5-4-15(11)22-10)9-14-17(24)13-6-12(19)2-3-16(13)25-18(14)20/h2-3,6-7H,4-5,8-9,20H2,1H3. The topological polar surface area (TPSA) is 85.2 Å². The van der Waals surface area contributed by atoms with Crippen LogP contribution < -0.4 is 11.2 Å². The van der Waals surface area contributed by atoms with Crippen LogP contribution in [0.4, 0.5) is 5.88 Å². The average Bonchev–Trinajstić information content (AvgIpc) is 2.59. The lowest BCUT2D eigenvalue weighted by Crippen LogP contribution is -2.33. The van der Waals surface area contributed by atoms with Crippen LogP contribution in [0.3, 0.4) is 0 Å².